The Labute approximate surface area is 136 Å². The van der Waals surface area contributed by atoms with Gasteiger partial charge in [0.15, 0.2) is 0 Å². The molecule has 0 bridgehead atoms. The number of nitrogens with zero attached hydrogens (tertiary/aromatic N) is 5. The van der Waals surface area contributed by atoms with Crippen molar-refractivity contribution in [3.05, 3.63) is 12.7 Å². The number of aromatic nitrogens is 3. The predicted octanol–water partition coefficient (Wildman–Crippen LogP) is 1.09. The zero-order chi connectivity index (χ0) is 16.1. The lowest BCUT2D eigenvalue weighted by molar-refractivity contribution is -0.124. The highest BCUT2D eigenvalue weighted by Gasteiger charge is 2.36. The number of hydrogen-bond donors (Lipinski definition) is 1. The van der Waals surface area contributed by atoms with Crippen molar-refractivity contribution in [1.82, 2.24) is 25.0 Å². The summed E-state index contributed by atoms with van der Waals surface area (Å²) in [5, 5.41) is 16.6. The van der Waals surface area contributed by atoms with Gasteiger partial charge in [-0.1, -0.05) is 6.42 Å². The maximum absolute atomic E-state index is 12.4. The van der Waals surface area contributed by atoms with Gasteiger partial charge in [-0.2, -0.15) is 10.4 Å². The lowest BCUT2D eigenvalue weighted by atomic mass is 9.99. The maximum Gasteiger partial charge on any atom is 0.235 e. The maximum atomic E-state index is 12.4. The number of amides is 1. The van der Waals surface area contributed by atoms with Gasteiger partial charge in [-0.25, -0.2) is 4.98 Å². The highest BCUT2D eigenvalue weighted by molar-refractivity contribution is 5.79. The van der Waals surface area contributed by atoms with Gasteiger partial charge in [-0.3, -0.25) is 14.4 Å². The number of nitrogens with one attached hydrogen (secondary N) is 1. The highest BCUT2D eigenvalue weighted by Crippen LogP contribution is 2.29. The van der Waals surface area contributed by atoms with Crippen LogP contribution in [0.5, 0.6) is 0 Å². The van der Waals surface area contributed by atoms with Gasteiger partial charge in [-0.15, -0.1) is 0 Å². The number of nitriles is 1. The lowest BCUT2D eigenvalue weighted by Gasteiger charge is -2.35. The highest BCUT2D eigenvalue weighted by atomic mass is 16.2. The van der Waals surface area contributed by atoms with Crippen LogP contribution < -0.4 is 5.32 Å². The molecule has 1 aromatic rings. The molecule has 7 nitrogen and oxygen atoms in total. The number of hydrogen-bond acceptors (Lipinski definition) is 5. The van der Waals surface area contributed by atoms with Gasteiger partial charge >= 0.3 is 0 Å². The molecule has 2 heterocycles. The van der Waals surface area contributed by atoms with Crippen LogP contribution >= 0.6 is 0 Å². The normalized spacial score (nSPS) is 24.2. The van der Waals surface area contributed by atoms with Crippen molar-refractivity contribution >= 4 is 5.91 Å². The number of carbonyl (C=O) groups is 1. The topological polar surface area (TPSA) is 86.8 Å². The third-order valence-electron chi connectivity index (χ3n) is 5.01. The summed E-state index contributed by atoms with van der Waals surface area (Å²) in [6.45, 7) is 2.05. The molecule has 1 saturated carbocycles. The zero-order valence-electron chi connectivity index (χ0n) is 13.4. The molecule has 23 heavy (non-hydrogen) atoms. The van der Waals surface area contributed by atoms with Crippen molar-refractivity contribution in [2.45, 2.75) is 63.1 Å². The fraction of sp³-hybridized carbons (Fsp3) is 0.750. The Balaban J connectivity index is 1.58. The lowest BCUT2D eigenvalue weighted by Crippen LogP contribution is -2.52. The summed E-state index contributed by atoms with van der Waals surface area (Å²) in [6, 6.07) is 2.62. The van der Waals surface area contributed by atoms with Crippen LogP contribution in [0.15, 0.2) is 12.7 Å². The van der Waals surface area contributed by atoms with E-state index >= 15 is 0 Å². The third-order valence-corrected chi connectivity index (χ3v) is 5.01. The number of piperidine rings is 1. The fourth-order valence-electron chi connectivity index (χ4n) is 3.75. The standard InChI is InChI=1S/C16H24N6O/c17-11-16(6-2-3-7-16)20-15(23)10-21-8-4-1-5-14(21)9-22-13-18-12-19-22/h12-14H,1-10H2,(H,20,23)/t14-/m0/s1. The fourth-order valence-corrected chi connectivity index (χ4v) is 3.75. The van der Waals surface area contributed by atoms with E-state index in [9.17, 15) is 10.1 Å². The van der Waals surface area contributed by atoms with Crippen molar-refractivity contribution in [2.24, 2.45) is 0 Å². The predicted molar refractivity (Wildman–Crippen MR) is 84.2 cm³/mol. The average Bonchev–Trinajstić information content (AvgIpc) is 3.21. The molecule has 0 spiro atoms. The third kappa shape index (κ3) is 3.88. The van der Waals surface area contributed by atoms with E-state index in [1.165, 1.54) is 12.7 Å². The van der Waals surface area contributed by atoms with E-state index in [2.05, 4.69) is 26.4 Å². The molecule has 1 N–H and O–H groups in total. The van der Waals surface area contributed by atoms with Crippen molar-refractivity contribution < 1.29 is 4.79 Å². The van der Waals surface area contributed by atoms with Gasteiger partial charge in [0.1, 0.15) is 18.2 Å². The second-order valence-electron chi connectivity index (χ2n) is 6.69. The van der Waals surface area contributed by atoms with Crippen LogP contribution in [0.4, 0.5) is 0 Å². The summed E-state index contributed by atoms with van der Waals surface area (Å²) in [5.41, 5.74) is -0.631. The van der Waals surface area contributed by atoms with Crippen LogP contribution in [0.25, 0.3) is 0 Å². The summed E-state index contributed by atoms with van der Waals surface area (Å²) in [4.78, 5) is 18.6. The van der Waals surface area contributed by atoms with E-state index in [-0.39, 0.29) is 5.91 Å². The summed E-state index contributed by atoms with van der Waals surface area (Å²) in [6.07, 6.45) is 10.2. The smallest absolute Gasteiger partial charge is 0.235 e. The number of carbonyl (C=O) groups excluding carboxylic acids is 1. The second-order valence-corrected chi connectivity index (χ2v) is 6.69. The minimum atomic E-state index is -0.631. The molecule has 2 aliphatic rings. The Bertz CT molecular complexity index is 558. The molecule has 1 amide bonds. The minimum Gasteiger partial charge on any atom is -0.337 e. The molecule has 1 aliphatic carbocycles. The Morgan fingerprint density at radius 2 is 2.17 bits per heavy atom. The zero-order valence-corrected chi connectivity index (χ0v) is 13.4. The second kappa shape index (κ2) is 7.09. The average molecular weight is 316 g/mol. The molecule has 0 radical (unpaired) electrons. The molecule has 0 aromatic carbocycles. The van der Waals surface area contributed by atoms with E-state index in [1.54, 1.807) is 6.33 Å². The minimum absolute atomic E-state index is 0.0288. The molecule has 1 aromatic heterocycles. The monoisotopic (exact) mass is 316 g/mol. The molecule has 2 fully saturated rings. The first kappa shape index (κ1) is 15.9. The summed E-state index contributed by atoms with van der Waals surface area (Å²) in [5.74, 6) is -0.0288. The van der Waals surface area contributed by atoms with Crippen molar-refractivity contribution in [1.29, 1.82) is 5.26 Å². The van der Waals surface area contributed by atoms with Gasteiger partial charge in [-0.05, 0) is 45.1 Å². The Morgan fingerprint density at radius 3 is 2.87 bits per heavy atom. The molecule has 124 valence electrons. The van der Waals surface area contributed by atoms with Gasteiger partial charge in [0.25, 0.3) is 0 Å². The Kier molecular flexibility index (Phi) is 4.91. The van der Waals surface area contributed by atoms with Crippen LogP contribution in [0.1, 0.15) is 44.9 Å². The molecule has 1 saturated heterocycles. The summed E-state index contributed by atoms with van der Waals surface area (Å²) >= 11 is 0. The van der Waals surface area contributed by atoms with Gasteiger partial charge in [0.05, 0.1) is 19.2 Å². The molecular formula is C16H24N6O. The molecule has 0 unspecified atom stereocenters. The Hall–Kier alpha value is -1.94. The number of likely N-dealkylation sites (tertiary alicyclic amines) is 1. The van der Waals surface area contributed by atoms with E-state index in [0.717, 1.165) is 51.6 Å². The van der Waals surface area contributed by atoms with E-state index < -0.39 is 5.54 Å². The van der Waals surface area contributed by atoms with E-state index in [1.807, 2.05) is 4.68 Å². The van der Waals surface area contributed by atoms with Crippen molar-refractivity contribution in [3.8, 4) is 6.07 Å². The molecule has 1 atom stereocenters. The van der Waals surface area contributed by atoms with E-state index in [4.69, 9.17) is 0 Å². The summed E-state index contributed by atoms with van der Waals surface area (Å²) in [7, 11) is 0. The van der Waals surface area contributed by atoms with Crippen LogP contribution in [0.3, 0.4) is 0 Å². The number of rotatable bonds is 5. The molecular weight excluding hydrogens is 292 g/mol. The van der Waals surface area contributed by atoms with E-state index in [0.29, 0.717) is 12.6 Å². The SMILES string of the molecule is N#CC1(NC(=O)CN2CCCC[C@H]2Cn2cncn2)CCCC1. The first-order valence-corrected chi connectivity index (χ1v) is 8.49. The first-order valence-electron chi connectivity index (χ1n) is 8.49. The van der Waals surface area contributed by atoms with Gasteiger partial charge in [0, 0.05) is 6.04 Å². The first-order chi connectivity index (χ1) is 11.2. The van der Waals surface area contributed by atoms with Crippen LogP contribution in [0.2, 0.25) is 0 Å². The van der Waals surface area contributed by atoms with Crippen molar-refractivity contribution in [2.75, 3.05) is 13.1 Å². The summed E-state index contributed by atoms with van der Waals surface area (Å²) < 4.78 is 1.83. The van der Waals surface area contributed by atoms with Crippen LogP contribution in [-0.4, -0.2) is 50.2 Å². The molecule has 1 aliphatic heterocycles. The van der Waals surface area contributed by atoms with Gasteiger partial charge < -0.3 is 5.32 Å². The molecule has 7 heteroatoms. The van der Waals surface area contributed by atoms with Crippen LogP contribution in [0, 0.1) is 11.3 Å². The van der Waals surface area contributed by atoms with Gasteiger partial charge in [0.2, 0.25) is 5.91 Å². The quantitative estimate of drug-likeness (QED) is 0.878. The largest absolute Gasteiger partial charge is 0.337 e. The van der Waals surface area contributed by atoms with Crippen LogP contribution in [-0.2, 0) is 11.3 Å². The Morgan fingerprint density at radius 1 is 1.35 bits per heavy atom. The van der Waals surface area contributed by atoms with Crippen molar-refractivity contribution in [3.63, 3.8) is 0 Å². The molecule has 3 rings (SSSR count).